The summed E-state index contributed by atoms with van der Waals surface area (Å²) in [6.45, 7) is 1.41. The lowest BCUT2D eigenvalue weighted by Crippen LogP contribution is -2.60. The van der Waals surface area contributed by atoms with Crippen molar-refractivity contribution in [2.45, 2.75) is 12.0 Å². The average molecular weight is 242 g/mol. The number of benzene rings is 1. The fraction of sp³-hybridized carbons (Fsp3) is 0.400. The second kappa shape index (κ2) is 3.40. The average Bonchev–Trinajstić information content (AvgIpc) is 2.06. The molecule has 13 heavy (non-hydrogen) atoms. The zero-order chi connectivity index (χ0) is 9.31. The summed E-state index contributed by atoms with van der Waals surface area (Å²) in [6.07, 6.45) is 0.724. The Kier molecular flexibility index (Phi) is 2.41. The first-order valence-electron chi connectivity index (χ1n) is 4.36. The lowest BCUT2D eigenvalue weighted by molar-refractivity contribution is -0.00915. The first kappa shape index (κ1) is 9.19. The highest BCUT2D eigenvalue weighted by Gasteiger charge is 2.34. The third-order valence-electron chi connectivity index (χ3n) is 2.39. The molecule has 1 aliphatic heterocycles. The molecule has 0 spiro atoms. The third-order valence-corrected chi connectivity index (χ3v) is 3.16. The predicted octanol–water partition coefficient (Wildman–Crippen LogP) is 1.33. The van der Waals surface area contributed by atoms with Gasteiger partial charge in [0, 0.05) is 24.0 Å². The van der Waals surface area contributed by atoms with Crippen LogP contribution in [0.2, 0.25) is 0 Å². The molecule has 70 valence electrons. The van der Waals surface area contributed by atoms with Crippen LogP contribution in [-0.4, -0.2) is 23.8 Å². The van der Waals surface area contributed by atoms with Crippen molar-refractivity contribution < 1.29 is 5.11 Å². The van der Waals surface area contributed by atoms with Crippen LogP contribution in [0.1, 0.15) is 5.56 Å². The SMILES string of the molecule is OC1(Cc2ccccc2Br)CNC1. The van der Waals surface area contributed by atoms with Crippen LogP contribution in [0.4, 0.5) is 0 Å². The van der Waals surface area contributed by atoms with Gasteiger partial charge in [-0.1, -0.05) is 34.1 Å². The standard InChI is InChI=1S/C10H12BrNO/c11-9-4-2-1-3-8(9)5-10(13)6-12-7-10/h1-4,12-13H,5-7H2. The second-order valence-electron chi connectivity index (χ2n) is 3.60. The van der Waals surface area contributed by atoms with Crippen LogP contribution in [0, 0.1) is 0 Å². The van der Waals surface area contributed by atoms with Crippen molar-refractivity contribution in [2.75, 3.05) is 13.1 Å². The molecule has 1 saturated heterocycles. The molecule has 1 aromatic rings. The van der Waals surface area contributed by atoms with Gasteiger partial charge in [0.25, 0.3) is 0 Å². The quantitative estimate of drug-likeness (QED) is 0.819. The van der Waals surface area contributed by atoms with E-state index in [9.17, 15) is 5.11 Å². The minimum atomic E-state index is -0.524. The smallest absolute Gasteiger partial charge is 0.0935 e. The summed E-state index contributed by atoms with van der Waals surface area (Å²) in [5, 5.41) is 13.0. The third kappa shape index (κ3) is 1.93. The Morgan fingerprint density at radius 3 is 2.62 bits per heavy atom. The maximum Gasteiger partial charge on any atom is 0.0935 e. The molecule has 2 N–H and O–H groups in total. The van der Waals surface area contributed by atoms with Crippen molar-refractivity contribution in [2.24, 2.45) is 0 Å². The van der Waals surface area contributed by atoms with Crippen molar-refractivity contribution >= 4 is 15.9 Å². The minimum absolute atomic E-state index is 0.524. The van der Waals surface area contributed by atoms with E-state index in [-0.39, 0.29) is 0 Å². The Morgan fingerprint density at radius 2 is 2.08 bits per heavy atom. The van der Waals surface area contributed by atoms with E-state index in [1.54, 1.807) is 0 Å². The summed E-state index contributed by atoms with van der Waals surface area (Å²) < 4.78 is 1.08. The Labute approximate surface area is 86.1 Å². The number of β-amino-alcohol motifs (C(OH)–C–C–N with tert-alkyl or cyclic N) is 1. The Balaban J connectivity index is 2.13. The Bertz CT molecular complexity index is 310. The maximum atomic E-state index is 9.90. The number of hydrogen-bond donors (Lipinski definition) is 2. The van der Waals surface area contributed by atoms with Gasteiger partial charge in [-0.25, -0.2) is 0 Å². The highest BCUT2D eigenvalue weighted by molar-refractivity contribution is 9.10. The van der Waals surface area contributed by atoms with E-state index in [1.807, 2.05) is 24.3 Å². The van der Waals surface area contributed by atoms with E-state index in [4.69, 9.17) is 0 Å². The van der Waals surface area contributed by atoms with Gasteiger partial charge in [0.15, 0.2) is 0 Å². The summed E-state index contributed by atoms with van der Waals surface area (Å²) in [5.74, 6) is 0. The van der Waals surface area contributed by atoms with Crippen LogP contribution in [0.25, 0.3) is 0 Å². The lowest BCUT2D eigenvalue weighted by atomic mass is 9.89. The second-order valence-corrected chi connectivity index (χ2v) is 4.45. The van der Waals surface area contributed by atoms with Crippen LogP contribution < -0.4 is 5.32 Å². The van der Waals surface area contributed by atoms with Gasteiger partial charge >= 0.3 is 0 Å². The molecular weight excluding hydrogens is 230 g/mol. The molecule has 1 aromatic carbocycles. The maximum absolute atomic E-state index is 9.90. The van der Waals surface area contributed by atoms with Crippen molar-refractivity contribution in [3.05, 3.63) is 34.3 Å². The van der Waals surface area contributed by atoms with Crippen LogP contribution in [0.15, 0.2) is 28.7 Å². The number of rotatable bonds is 2. The van der Waals surface area contributed by atoms with Crippen molar-refractivity contribution in [3.8, 4) is 0 Å². The van der Waals surface area contributed by atoms with Crippen LogP contribution in [0.3, 0.4) is 0 Å². The normalized spacial score (nSPS) is 19.5. The largest absolute Gasteiger partial charge is 0.387 e. The summed E-state index contributed by atoms with van der Waals surface area (Å²) in [6, 6.07) is 8.03. The summed E-state index contributed by atoms with van der Waals surface area (Å²) >= 11 is 3.47. The van der Waals surface area contributed by atoms with Crippen molar-refractivity contribution in [3.63, 3.8) is 0 Å². The highest BCUT2D eigenvalue weighted by Crippen LogP contribution is 2.23. The molecule has 0 atom stereocenters. The van der Waals surface area contributed by atoms with E-state index in [1.165, 1.54) is 5.56 Å². The molecule has 0 aliphatic carbocycles. The fourth-order valence-electron chi connectivity index (χ4n) is 1.53. The molecule has 2 rings (SSSR count). The number of nitrogens with one attached hydrogen (secondary N) is 1. The predicted molar refractivity (Wildman–Crippen MR) is 55.7 cm³/mol. The number of halogens is 1. The van der Waals surface area contributed by atoms with Gasteiger partial charge in [0.05, 0.1) is 5.60 Å². The van der Waals surface area contributed by atoms with Crippen LogP contribution >= 0.6 is 15.9 Å². The topological polar surface area (TPSA) is 32.3 Å². The van der Waals surface area contributed by atoms with E-state index >= 15 is 0 Å². The van der Waals surface area contributed by atoms with Gasteiger partial charge in [-0.05, 0) is 11.6 Å². The molecule has 1 fully saturated rings. The van der Waals surface area contributed by atoms with Crippen molar-refractivity contribution in [1.29, 1.82) is 0 Å². The molecule has 1 aliphatic rings. The van der Waals surface area contributed by atoms with Crippen LogP contribution in [0.5, 0.6) is 0 Å². The Hall–Kier alpha value is -0.380. The van der Waals surface area contributed by atoms with E-state index < -0.39 is 5.60 Å². The summed E-state index contributed by atoms with van der Waals surface area (Å²) in [7, 11) is 0. The molecule has 0 saturated carbocycles. The molecule has 2 nitrogen and oxygen atoms in total. The van der Waals surface area contributed by atoms with Gasteiger partial charge in [0.2, 0.25) is 0 Å². The molecule has 3 heteroatoms. The summed E-state index contributed by atoms with van der Waals surface area (Å²) in [5.41, 5.74) is 0.649. The minimum Gasteiger partial charge on any atom is -0.387 e. The zero-order valence-corrected chi connectivity index (χ0v) is 8.84. The monoisotopic (exact) mass is 241 g/mol. The van der Waals surface area contributed by atoms with Gasteiger partial charge in [-0.3, -0.25) is 0 Å². The summed E-state index contributed by atoms with van der Waals surface area (Å²) in [4.78, 5) is 0. The lowest BCUT2D eigenvalue weighted by Gasteiger charge is -2.37. The molecule has 0 amide bonds. The molecular formula is C10H12BrNO. The van der Waals surface area contributed by atoms with Gasteiger partial charge in [-0.15, -0.1) is 0 Å². The molecule has 0 unspecified atom stereocenters. The molecule has 0 aromatic heterocycles. The highest BCUT2D eigenvalue weighted by atomic mass is 79.9. The van der Waals surface area contributed by atoms with Crippen molar-refractivity contribution in [1.82, 2.24) is 5.32 Å². The van der Waals surface area contributed by atoms with E-state index in [2.05, 4.69) is 21.2 Å². The first-order chi connectivity index (χ1) is 6.20. The molecule has 1 heterocycles. The Morgan fingerprint density at radius 1 is 1.38 bits per heavy atom. The molecule has 0 bridgehead atoms. The van der Waals surface area contributed by atoms with E-state index in [0.717, 1.165) is 10.9 Å². The van der Waals surface area contributed by atoms with Crippen LogP contribution in [-0.2, 0) is 6.42 Å². The van der Waals surface area contributed by atoms with Gasteiger partial charge < -0.3 is 10.4 Å². The first-order valence-corrected chi connectivity index (χ1v) is 5.15. The number of aliphatic hydroxyl groups is 1. The zero-order valence-electron chi connectivity index (χ0n) is 7.26. The van der Waals surface area contributed by atoms with E-state index in [0.29, 0.717) is 13.1 Å². The van der Waals surface area contributed by atoms with Gasteiger partial charge in [0.1, 0.15) is 0 Å². The molecule has 0 radical (unpaired) electrons. The fourth-order valence-corrected chi connectivity index (χ4v) is 1.96. The van der Waals surface area contributed by atoms with Gasteiger partial charge in [-0.2, -0.15) is 0 Å². The number of hydrogen-bond acceptors (Lipinski definition) is 2.